The Labute approximate surface area is 105 Å². The topological polar surface area (TPSA) is 63.6 Å². The Kier molecular flexibility index (Phi) is 3.83. The van der Waals surface area contributed by atoms with Crippen molar-refractivity contribution in [1.82, 2.24) is 0 Å². The number of hydrogen-bond donors (Lipinski definition) is 2. The lowest BCUT2D eigenvalue weighted by atomic mass is 10.1. The third-order valence-corrected chi connectivity index (χ3v) is 2.25. The van der Waals surface area contributed by atoms with E-state index in [1.807, 2.05) is 0 Å². The van der Waals surface area contributed by atoms with E-state index in [9.17, 15) is 9.59 Å². The highest BCUT2D eigenvalue weighted by Crippen LogP contribution is 2.21. The van der Waals surface area contributed by atoms with Gasteiger partial charge in [0.1, 0.15) is 5.60 Å². The summed E-state index contributed by atoms with van der Waals surface area (Å²) in [6.45, 7) is 5.15. The summed E-state index contributed by atoms with van der Waals surface area (Å²) in [6, 6.07) is 4.49. The highest BCUT2D eigenvalue weighted by Gasteiger charge is 2.24. The van der Waals surface area contributed by atoms with Crippen molar-refractivity contribution in [3.63, 3.8) is 0 Å². The van der Waals surface area contributed by atoms with Crippen LogP contribution in [0, 0.1) is 0 Å². The number of thiol groups is 1. The van der Waals surface area contributed by atoms with Gasteiger partial charge in [-0.25, -0.2) is 9.59 Å². The summed E-state index contributed by atoms with van der Waals surface area (Å²) in [5, 5.41) is 9.04. The summed E-state index contributed by atoms with van der Waals surface area (Å²) in [5.41, 5.74) is -0.788. The SMILES string of the molecule is CC(C)(C)OC(=O)c1cccc(S)c1C(=O)O. The van der Waals surface area contributed by atoms with Crippen LogP contribution in [-0.4, -0.2) is 22.6 Å². The van der Waals surface area contributed by atoms with Gasteiger partial charge in [0.25, 0.3) is 0 Å². The van der Waals surface area contributed by atoms with Gasteiger partial charge in [0, 0.05) is 4.90 Å². The first-order valence-electron chi connectivity index (χ1n) is 5.01. The molecule has 0 aliphatic rings. The normalized spacial score (nSPS) is 11.1. The molecule has 0 fully saturated rings. The minimum absolute atomic E-state index is 0.0138. The minimum atomic E-state index is -1.20. The van der Waals surface area contributed by atoms with Gasteiger partial charge < -0.3 is 9.84 Å². The molecule has 0 radical (unpaired) electrons. The minimum Gasteiger partial charge on any atom is -0.478 e. The third-order valence-electron chi connectivity index (χ3n) is 1.88. The first kappa shape index (κ1) is 13.6. The molecule has 0 amide bonds. The zero-order valence-corrected chi connectivity index (χ0v) is 10.7. The molecule has 0 atom stereocenters. The van der Waals surface area contributed by atoms with Gasteiger partial charge in [-0.3, -0.25) is 0 Å². The monoisotopic (exact) mass is 254 g/mol. The molecule has 0 spiro atoms. The fourth-order valence-corrected chi connectivity index (χ4v) is 1.57. The smallest absolute Gasteiger partial charge is 0.339 e. The number of carboxylic acids is 1. The second-order valence-corrected chi connectivity index (χ2v) is 4.99. The molecule has 0 bridgehead atoms. The molecule has 0 aromatic heterocycles. The lowest BCUT2D eigenvalue weighted by molar-refractivity contribution is 0.00654. The molecular weight excluding hydrogens is 240 g/mol. The molecule has 4 nitrogen and oxygen atoms in total. The van der Waals surface area contributed by atoms with Crippen LogP contribution in [0.1, 0.15) is 41.5 Å². The number of rotatable bonds is 2. The van der Waals surface area contributed by atoms with E-state index < -0.39 is 17.5 Å². The fourth-order valence-electron chi connectivity index (χ4n) is 1.27. The molecule has 0 unspecified atom stereocenters. The van der Waals surface area contributed by atoms with Gasteiger partial charge in [-0.1, -0.05) is 6.07 Å². The molecule has 1 rings (SSSR count). The molecule has 0 aliphatic heterocycles. The van der Waals surface area contributed by atoms with Gasteiger partial charge in [0.2, 0.25) is 0 Å². The zero-order chi connectivity index (χ0) is 13.2. The highest BCUT2D eigenvalue weighted by molar-refractivity contribution is 7.80. The third kappa shape index (κ3) is 3.49. The van der Waals surface area contributed by atoms with Crippen molar-refractivity contribution in [2.45, 2.75) is 31.3 Å². The number of aromatic carboxylic acids is 1. The molecule has 5 heteroatoms. The summed E-state index contributed by atoms with van der Waals surface area (Å²) in [7, 11) is 0. The van der Waals surface area contributed by atoms with Gasteiger partial charge >= 0.3 is 11.9 Å². The Bertz CT molecular complexity index is 460. The molecule has 0 saturated carbocycles. The van der Waals surface area contributed by atoms with Gasteiger partial charge in [0.05, 0.1) is 11.1 Å². The first-order valence-corrected chi connectivity index (χ1v) is 5.45. The number of carbonyl (C=O) groups is 2. The maximum atomic E-state index is 11.8. The van der Waals surface area contributed by atoms with E-state index in [4.69, 9.17) is 9.84 Å². The van der Waals surface area contributed by atoms with Gasteiger partial charge in [0.15, 0.2) is 0 Å². The summed E-state index contributed by atoms with van der Waals surface area (Å²) < 4.78 is 5.13. The van der Waals surface area contributed by atoms with Gasteiger partial charge in [-0.2, -0.15) is 0 Å². The Hall–Kier alpha value is -1.49. The average molecular weight is 254 g/mol. The Morgan fingerprint density at radius 2 is 1.88 bits per heavy atom. The van der Waals surface area contributed by atoms with Crippen LogP contribution in [0.5, 0.6) is 0 Å². The van der Waals surface area contributed by atoms with Crippen molar-refractivity contribution in [2.24, 2.45) is 0 Å². The predicted octanol–water partition coefficient (Wildman–Crippen LogP) is 2.63. The van der Waals surface area contributed by atoms with E-state index in [0.29, 0.717) is 0 Å². The molecule has 1 aromatic rings. The summed E-state index contributed by atoms with van der Waals surface area (Å²) in [4.78, 5) is 23.1. The van der Waals surface area contributed by atoms with Crippen LogP contribution in [-0.2, 0) is 4.74 Å². The number of benzene rings is 1. The zero-order valence-electron chi connectivity index (χ0n) is 9.85. The summed E-state index contributed by atoms with van der Waals surface area (Å²) in [5.74, 6) is -1.86. The van der Waals surface area contributed by atoms with Crippen LogP contribution >= 0.6 is 12.6 Å². The van der Waals surface area contributed by atoms with E-state index in [0.717, 1.165) is 0 Å². The lowest BCUT2D eigenvalue weighted by Crippen LogP contribution is -2.25. The Balaban J connectivity index is 3.19. The molecule has 1 aromatic carbocycles. The van der Waals surface area contributed by atoms with E-state index in [-0.39, 0.29) is 16.0 Å². The van der Waals surface area contributed by atoms with Crippen molar-refractivity contribution in [3.8, 4) is 0 Å². The molecular formula is C12H14O4S. The molecule has 0 saturated heterocycles. The Morgan fingerprint density at radius 1 is 1.29 bits per heavy atom. The van der Waals surface area contributed by atoms with Crippen molar-refractivity contribution >= 4 is 24.6 Å². The van der Waals surface area contributed by atoms with Crippen molar-refractivity contribution in [3.05, 3.63) is 29.3 Å². The standard InChI is InChI=1S/C12H14O4S/c1-12(2,3)16-11(15)7-5-4-6-8(17)9(7)10(13)14/h4-6,17H,1-3H3,(H,13,14). The highest BCUT2D eigenvalue weighted by atomic mass is 32.1. The van der Waals surface area contributed by atoms with Crippen LogP contribution in [0.15, 0.2) is 23.1 Å². The van der Waals surface area contributed by atoms with E-state index >= 15 is 0 Å². The van der Waals surface area contributed by atoms with Crippen molar-refractivity contribution < 1.29 is 19.4 Å². The molecule has 1 N–H and O–H groups in total. The lowest BCUT2D eigenvalue weighted by Gasteiger charge is -2.20. The number of carboxylic acid groups (broad SMARTS) is 1. The second kappa shape index (κ2) is 4.79. The van der Waals surface area contributed by atoms with Gasteiger partial charge in [-0.15, -0.1) is 12.6 Å². The second-order valence-electron chi connectivity index (χ2n) is 4.51. The Morgan fingerprint density at radius 3 is 2.35 bits per heavy atom. The van der Waals surface area contributed by atoms with Crippen LogP contribution in [0.25, 0.3) is 0 Å². The maximum Gasteiger partial charge on any atom is 0.339 e. The van der Waals surface area contributed by atoms with Crippen LogP contribution in [0.2, 0.25) is 0 Å². The first-order chi connectivity index (χ1) is 7.72. The van der Waals surface area contributed by atoms with Crippen molar-refractivity contribution in [2.75, 3.05) is 0 Å². The molecule has 0 heterocycles. The van der Waals surface area contributed by atoms with E-state index in [1.54, 1.807) is 26.8 Å². The molecule has 0 aliphatic carbocycles. The largest absolute Gasteiger partial charge is 0.478 e. The summed E-state index contributed by atoms with van der Waals surface area (Å²) in [6.07, 6.45) is 0. The number of esters is 1. The van der Waals surface area contributed by atoms with Crippen molar-refractivity contribution in [1.29, 1.82) is 0 Å². The quantitative estimate of drug-likeness (QED) is 0.629. The summed E-state index contributed by atoms with van der Waals surface area (Å²) >= 11 is 4.02. The van der Waals surface area contributed by atoms with E-state index in [1.165, 1.54) is 12.1 Å². The molecule has 92 valence electrons. The number of hydrogen-bond acceptors (Lipinski definition) is 4. The van der Waals surface area contributed by atoms with Crippen LogP contribution in [0.3, 0.4) is 0 Å². The van der Waals surface area contributed by atoms with E-state index in [2.05, 4.69) is 12.6 Å². The average Bonchev–Trinajstić information content (AvgIpc) is 2.13. The van der Waals surface area contributed by atoms with Crippen LogP contribution in [0.4, 0.5) is 0 Å². The maximum absolute atomic E-state index is 11.8. The number of ether oxygens (including phenoxy) is 1. The predicted molar refractivity (Wildman–Crippen MR) is 65.8 cm³/mol. The molecule has 17 heavy (non-hydrogen) atoms. The van der Waals surface area contributed by atoms with Gasteiger partial charge in [-0.05, 0) is 32.9 Å². The number of carbonyl (C=O) groups excluding carboxylic acids is 1. The fraction of sp³-hybridized carbons (Fsp3) is 0.333. The van der Waals surface area contributed by atoms with Crippen LogP contribution < -0.4 is 0 Å².